The Morgan fingerprint density at radius 3 is 2.47 bits per heavy atom. The number of nitrogens with zero attached hydrogens (tertiary/aromatic N) is 1. The first-order valence-corrected chi connectivity index (χ1v) is 7.45. The summed E-state index contributed by atoms with van der Waals surface area (Å²) < 4.78 is 13.1. The average Bonchev–Trinajstić information content (AvgIpc) is 2.43. The maximum absolute atomic E-state index is 13.1. The van der Waals surface area contributed by atoms with Crippen molar-refractivity contribution in [2.45, 2.75) is 51.1 Å². The van der Waals surface area contributed by atoms with E-state index >= 15 is 0 Å². The van der Waals surface area contributed by atoms with Gasteiger partial charge in [0.2, 0.25) is 0 Å². The number of likely N-dealkylation sites (tertiary alicyclic amines) is 1. The van der Waals surface area contributed by atoms with Crippen LogP contribution < -0.4 is 5.73 Å². The predicted octanol–water partition coefficient (Wildman–Crippen LogP) is 3.48. The van der Waals surface area contributed by atoms with Crippen LogP contribution in [0.5, 0.6) is 0 Å². The van der Waals surface area contributed by atoms with Crippen LogP contribution in [0, 0.1) is 5.82 Å². The Kier molecular flexibility index (Phi) is 5.34. The molecule has 1 saturated heterocycles. The van der Waals surface area contributed by atoms with Gasteiger partial charge in [0.15, 0.2) is 0 Å². The Morgan fingerprint density at radius 2 is 1.89 bits per heavy atom. The molecule has 1 atom stereocenters. The van der Waals surface area contributed by atoms with E-state index in [1.165, 1.54) is 18.4 Å². The molecule has 2 nitrogen and oxygen atoms in total. The lowest BCUT2D eigenvalue weighted by Gasteiger charge is -2.37. The molecule has 0 aliphatic carbocycles. The van der Waals surface area contributed by atoms with Gasteiger partial charge in [0.05, 0.1) is 0 Å². The van der Waals surface area contributed by atoms with E-state index in [0.717, 1.165) is 32.4 Å². The van der Waals surface area contributed by atoms with Crippen LogP contribution in [0.15, 0.2) is 24.3 Å². The molecular formula is C16H25FN2. The number of hydrogen-bond acceptors (Lipinski definition) is 2. The van der Waals surface area contributed by atoms with Gasteiger partial charge in [0, 0.05) is 25.2 Å². The number of rotatable bonds is 5. The van der Waals surface area contributed by atoms with Crippen LogP contribution in [0.3, 0.4) is 0 Å². The Labute approximate surface area is 115 Å². The SMILES string of the molecule is CCCC[C@H](c1ccc(F)cc1)N1CCC(N)CC1. The second-order valence-electron chi connectivity index (χ2n) is 5.58. The summed E-state index contributed by atoms with van der Waals surface area (Å²) in [5.41, 5.74) is 7.22. The Bertz CT molecular complexity index is 369. The predicted molar refractivity (Wildman–Crippen MR) is 77.4 cm³/mol. The van der Waals surface area contributed by atoms with Gasteiger partial charge in [-0.15, -0.1) is 0 Å². The van der Waals surface area contributed by atoms with Crippen LogP contribution >= 0.6 is 0 Å². The molecule has 3 heteroatoms. The summed E-state index contributed by atoms with van der Waals surface area (Å²) in [5.74, 6) is -0.154. The van der Waals surface area contributed by atoms with Crippen molar-refractivity contribution in [1.29, 1.82) is 0 Å². The third kappa shape index (κ3) is 4.02. The van der Waals surface area contributed by atoms with Gasteiger partial charge in [-0.1, -0.05) is 31.9 Å². The van der Waals surface area contributed by atoms with Crippen LogP contribution in [0.2, 0.25) is 0 Å². The normalized spacial score (nSPS) is 19.5. The molecule has 1 aromatic carbocycles. The van der Waals surface area contributed by atoms with Crippen molar-refractivity contribution >= 4 is 0 Å². The standard InChI is InChI=1S/C16H25FN2/c1-2-3-4-16(13-5-7-14(17)8-6-13)19-11-9-15(18)10-12-19/h5-8,15-16H,2-4,9-12,18H2,1H3/t16-/m1/s1. The van der Waals surface area contributed by atoms with Crippen LogP contribution in [-0.2, 0) is 0 Å². The zero-order chi connectivity index (χ0) is 13.7. The van der Waals surface area contributed by atoms with E-state index < -0.39 is 0 Å². The molecule has 0 amide bonds. The highest BCUT2D eigenvalue weighted by Crippen LogP contribution is 2.29. The maximum atomic E-state index is 13.1. The zero-order valence-corrected chi connectivity index (χ0v) is 11.8. The van der Waals surface area contributed by atoms with Crippen LogP contribution in [0.1, 0.15) is 50.6 Å². The quantitative estimate of drug-likeness (QED) is 0.882. The van der Waals surface area contributed by atoms with Gasteiger partial charge in [0.25, 0.3) is 0 Å². The van der Waals surface area contributed by atoms with Gasteiger partial charge in [-0.3, -0.25) is 4.90 Å². The molecule has 1 fully saturated rings. The topological polar surface area (TPSA) is 29.3 Å². The summed E-state index contributed by atoms with van der Waals surface area (Å²) in [6.07, 6.45) is 5.71. The number of unbranched alkanes of at least 4 members (excludes halogenated alkanes) is 1. The zero-order valence-electron chi connectivity index (χ0n) is 11.8. The maximum Gasteiger partial charge on any atom is 0.123 e. The highest BCUT2D eigenvalue weighted by molar-refractivity contribution is 5.20. The van der Waals surface area contributed by atoms with E-state index in [-0.39, 0.29) is 5.82 Å². The van der Waals surface area contributed by atoms with E-state index in [9.17, 15) is 4.39 Å². The molecule has 0 unspecified atom stereocenters. The molecule has 0 radical (unpaired) electrons. The van der Waals surface area contributed by atoms with Crippen molar-refractivity contribution < 1.29 is 4.39 Å². The minimum atomic E-state index is -0.154. The fourth-order valence-electron chi connectivity index (χ4n) is 2.87. The van der Waals surface area contributed by atoms with Gasteiger partial charge in [-0.25, -0.2) is 4.39 Å². The van der Waals surface area contributed by atoms with E-state index in [0.29, 0.717) is 12.1 Å². The number of nitrogens with two attached hydrogens (primary N) is 1. The molecular weight excluding hydrogens is 239 g/mol. The van der Waals surface area contributed by atoms with Crippen molar-refractivity contribution in [1.82, 2.24) is 4.90 Å². The Morgan fingerprint density at radius 1 is 1.26 bits per heavy atom. The summed E-state index contributed by atoms with van der Waals surface area (Å²) in [6, 6.07) is 7.80. The highest BCUT2D eigenvalue weighted by Gasteiger charge is 2.24. The first-order valence-electron chi connectivity index (χ1n) is 7.45. The molecule has 1 aliphatic heterocycles. The molecule has 2 rings (SSSR count). The molecule has 0 spiro atoms. The smallest absolute Gasteiger partial charge is 0.123 e. The summed E-state index contributed by atoms with van der Waals surface area (Å²) in [6.45, 7) is 4.34. The number of benzene rings is 1. The Hall–Kier alpha value is -0.930. The molecule has 106 valence electrons. The summed E-state index contributed by atoms with van der Waals surface area (Å²) in [5, 5.41) is 0. The minimum absolute atomic E-state index is 0.154. The minimum Gasteiger partial charge on any atom is -0.328 e. The van der Waals surface area contributed by atoms with Gasteiger partial charge < -0.3 is 5.73 Å². The summed E-state index contributed by atoms with van der Waals surface area (Å²) >= 11 is 0. The van der Waals surface area contributed by atoms with Crippen molar-refractivity contribution in [3.63, 3.8) is 0 Å². The molecule has 0 bridgehead atoms. The molecule has 2 N–H and O–H groups in total. The molecule has 0 saturated carbocycles. The second kappa shape index (κ2) is 7.01. The van der Waals surface area contributed by atoms with E-state index in [1.807, 2.05) is 12.1 Å². The van der Waals surface area contributed by atoms with Gasteiger partial charge in [0.1, 0.15) is 5.82 Å². The molecule has 1 heterocycles. The first-order chi connectivity index (χ1) is 9.20. The highest BCUT2D eigenvalue weighted by atomic mass is 19.1. The summed E-state index contributed by atoms with van der Waals surface area (Å²) in [4.78, 5) is 2.52. The van der Waals surface area contributed by atoms with Crippen LogP contribution in [-0.4, -0.2) is 24.0 Å². The van der Waals surface area contributed by atoms with Crippen molar-refractivity contribution in [2.24, 2.45) is 5.73 Å². The lowest BCUT2D eigenvalue weighted by atomic mass is 9.96. The fraction of sp³-hybridized carbons (Fsp3) is 0.625. The monoisotopic (exact) mass is 264 g/mol. The van der Waals surface area contributed by atoms with Crippen molar-refractivity contribution in [3.8, 4) is 0 Å². The van der Waals surface area contributed by atoms with Crippen LogP contribution in [0.4, 0.5) is 4.39 Å². The van der Waals surface area contributed by atoms with Gasteiger partial charge in [-0.05, 0) is 37.0 Å². The molecule has 1 aromatic rings. The molecule has 0 aromatic heterocycles. The lowest BCUT2D eigenvalue weighted by molar-refractivity contribution is 0.144. The summed E-state index contributed by atoms with van der Waals surface area (Å²) in [7, 11) is 0. The largest absolute Gasteiger partial charge is 0.328 e. The van der Waals surface area contributed by atoms with E-state index in [1.54, 1.807) is 12.1 Å². The van der Waals surface area contributed by atoms with Gasteiger partial charge >= 0.3 is 0 Å². The van der Waals surface area contributed by atoms with E-state index in [2.05, 4.69) is 11.8 Å². The number of piperidine rings is 1. The van der Waals surface area contributed by atoms with E-state index in [4.69, 9.17) is 5.73 Å². The van der Waals surface area contributed by atoms with Gasteiger partial charge in [-0.2, -0.15) is 0 Å². The molecule has 19 heavy (non-hydrogen) atoms. The fourth-order valence-corrected chi connectivity index (χ4v) is 2.87. The average molecular weight is 264 g/mol. The number of halogens is 1. The van der Waals surface area contributed by atoms with Crippen LogP contribution in [0.25, 0.3) is 0 Å². The third-order valence-electron chi connectivity index (χ3n) is 4.10. The van der Waals surface area contributed by atoms with Crippen molar-refractivity contribution in [3.05, 3.63) is 35.6 Å². The second-order valence-corrected chi connectivity index (χ2v) is 5.58. The first kappa shape index (κ1) is 14.5. The molecule has 1 aliphatic rings. The number of hydrogen-bond donors (Lipinski definition) is 1. The third-order valence-corrected chi connectivity index (χ3v) is 4.10. The Balaban J connectivity index is 2.08. The van der Waals surface area contributed by atoms with Crippen molar-refractivity contribution in [2.75, 3.05) is 13.1 Å². The lowest BCUT2D eigenvalue weighted by Crippen LogP contribution is -2.41.